The predicted molar refractivity (Wildman–Crippen MR) is 131 cm³/mol. The number of hydrogen-bond acceptors (Lipinski definition) is 4. The van der Waals surface area contributed by atoms with Crippen LogP contribution >= 0.6 is 0 Å². The molecular formula is C27H19FN6. The second-order valence-corrected chi connectivity index (χ2v) is 7.82. The molecule has 6 rings (SSSR count). The van der Waals surface area contributed by atoms with Crippen LogP contribution in [0.5, 0.6) is 0 Å². The highest BCUT2D eigenvalue weighted by atomic mass is 19.1. The van der Waals surface area contributed by atoms with Crippen LogP contribution in [0.2, 0.25) is 0 Å². The molecule has 7 heteroatoms. The second-order valence-electron chi connectivity index (χ2n) is 7.82. The third kappa shape index (κ3) is 3.59. The van der Waals surface area contributed by atoms with Crippen molar-refractivity contribution in [1.82, 2.24) is 24.5 Å². The summed E-state index contributed by atoms with van der Waals surface area (Å²) in [6, 6.07) is 30.4. The van der Waals surface area contributed by atoms with Crippen LogP contribution < -0.4 is 5.32 Å². The molecule has 2 aromatic heterocycles. The van der Waals surface area contributed by atoms with Crippen molar-refractivity contribution in [3.8, 4) is 22.8 Å². The van der Waals surface area contributed by atoms with Gasteiger partial charge in [-0.3, -0.25) is 0 Å². The third-order valence-electron chi connectivity index (χ3n) is 5.62. The number of para-hydroxylation sites is 2. The molecule has 0 unspecified atom stereocenters. The van der Waals surface area contributed by atoms with E-state index in [4.69, 9.17) is 0 Å². The lowest BCUT2D eigenvalue weighted by Crippen LogP contribution is -2.01. The quantitative estimate of drug-likeness (QED) is 0.345. The van der Waals surface area contributed by atoms with Gasteiger partial charge in [0.1, 0.15) is 12.1 Å². The first-order valence-corrected chi connectivity index (χ1v) is 10.8. The van der Waals surface area contributed by atoms with Crippen molar-refractivity contribution in [2.45, 2.75) is 0 Å². The number of halogens is 1. The molecule has 0 atom stereocenters. The Balaban J connectivity index is 1.35. The van der Waals surface area contributed by atoms with Crippen LogP contribution in [0.3, 0.4) is 0 Å². The molecule has 6 aromatic rings. The molecule has 6 nitrogen and oxygen atoms in total. The smallest absolute Gasteiger partial charge is 0.163 e. The average molecular weight is 446 g/mol. The summed E-state index contributed by atoms with van der Waals surface area (Å²) < 4.78 is 17.7. The van der Waals surface area contributed by atoms with E-state index in [0.29, 0.717) is 5.69 Å². The van der Waals surface area contributed by atoms with Crippen molar-refractivity contribution in [2.75, 3.05) is 5.32 Å². The molecule has 0 spiro atoms. The first kappa shape index (κ1) is 19.9. The van der Waals surface area contributed by atoms with E-state index in [2.05, 4.69) is 20.5 Å². The van der Waals surface area contributed by atoms with Crippen molar-refractivity contribution in [3.05, 3.63) is 115 Å². The van der Waals surface area contributed by atoms with E-state index < -0.39 is 0 Å². The number of fused-ring (bicyclic) bond motifs is 1. The lowest BCUT2D eigenvalue weighted by atomic mass is 10.1. The highest BCUT2D eigenvalue weighted by molar-refractivity contribution is 5.85. The van der Waals surface area contributed by atoms with Crippen LogP contribution in [0.25, 0.3) is 33.7 Å². The minimum atomic E-state index is -0.293. The number of hydrogen-bond donors (Lipinski definition) is 1. The molecule has 2 heterocycles. The Morgan fingerprint density at radius 1 is 0.706 bits per heavy atom. The van der Waals surface area contributed by atoms with Gasteiger partial charge in [-0.15, -0.1) is 0 Å². The molecule has 0 saturated heterocycles. The van der Waals surface area contributed by atoms with Gasteiger partial charge in [0.05, 0.1) is 28.8 Å². The topological polar surface area (TPSA) is 60.6 Å². The van der Waals surface area contributed by atoms with E-state index in [9.17, 15) is 4.39 Å². The standard InChI is InChI=1S/C27H19FN6/c28-24-11-4-5-12-25(24)32-21-13-14-26-20(15-21)17-30-33(26)23-10-6-7-19(16-23)27-29-18-31-34(27)22-8-2-1-3-9-22/h1-18,32H. The number of nitrogens with zero attached hydrogens (tertiary/aromatic N) is 5. The van der Waals surface area contributed by atoms with Gasteiger partial charge in [-0.1, -0.05) is 42.5 Å². The van der Waals surface area contributed by atoms with Gasteiger partial charge in [-0.2, -0.15) is 10.2 Å². The molecule has 0 aliphatic carbocycles. The SMILES string of the molecule is Fc1ccccc1Nc1ccc2c(cnn2-c2cccc(-c3ncnn3-c3ccccc3)c2)c1. The van der Waals surface area contributed by atoms with Crippen molar-refractivity contribution in [2.24, 2.45) is 0 Å². The van der Waals surface area contributed by atoms with Crippen molar-refractivity contribution < 1.29 is 4.39 Å². The van der Waals surface area contributed by atoms with Gasteiger partial charge in [0.2, 0.25) is 0 Å². The van der Waals surface area contributed by atoms with Crippen molar-refractivity contribution >= 4 is 22.3 Å². The summed E-state index contributed by atoms with van der Waals surface area (Å²) in [6.07, 6.45) is 3.36. The summed E-state index contributed by atoms with van der Waals surface area (Å²) in [7, 11) is 0. The minimum Gasteiger partial charge on any atom is -0.353 e. The van der Waals surface area contributed by atoms with Gasteiger partial charge in [-0.25, -0.2) is 18.7 Å². The molecule has 0 aliphatic heterocycles. The fourth-order valence-corrected chi connectivity index (χ4v) is 4.01. The zero-order valence-electron chi connectivity index (χ0n) is 18.0. The average Bonchev–Trinajstić information content (AvgIpc) is 3.53. The van der Waals surface area contributed by atoms with Crippen LogP contribution in [0.1, 0.15) is 0 Å². The summed E-state index contributed by atoms with van der Waals surface area (Å²) in [4.78, 5) is 4.49. The number of nitrogens with one attached hydrogen (secondary N) is 1. The van der Waals surface area contributed by atoms with Gasteiger partial charge >= 0.3 is 0 Å². The van der Waals surface area contributed by atoms with Crippen LogP contribution in [-0.2, 0) is 0 Å². The Kier molecular flexibility index (Phi) is 4.85. The molecule has 0 aliphatic rings. The Bertz CT molecular complexity index is 1600. The summed E-state index contributed by atoms with van der Waals surface area (Å²) in [6.45, 7) is 0. The second kappa shape index (κ2) is 8.29. The minimum absolute atomic E-state index is 0.293. The van der Waals surface area contributed by atoms with Gasteiger partial charge in [0, 0.05) is 16.6 Å². The summed E-state index contributed by atoms with van der Waals surface area (Å²) in [5, 5.41) is 13.1. The Morgan fingerprint density at radius 2 is 1.53 bits per heavy atom. The molecule has 0 radical (unpaired) electrons. The lowest BCUT2D eigenvalue weighted by Gasteiger charge is -2.10. The van der Waals surface area contributed by atoms with Gasteiger partial charge < -0.3 is 5.32 Å². The molecule has 1 N–H and O–H groups in total. The number of aromatic nitrogens is 5. The van der Waals surface area contributed by atoms with Crippen LogP contribution in [-0.4, -0.2) is 24.5 Å². The maximum Gasteiger partial charge on any atom is 0.163 e. The predicted octanol–water partition coefficient (Wildman–Crippen LogP) is 6.16. The number of anilines is 2. The van der Waals surface area contributed by atoms with Crippen LogP contribution in [0, 0.1) is 5.82 Å². The molecule has 0 bridgehead atoms. The van der Waals surface area contributed by atoms with E-state index in [0.717, 1.165) is 39.4 Å². The molecule has 164 valence electrons. The van der Waals surface area contributed by atoms with Gasteiger partial charge in [0.15, 0.2) is 5.82 Å². The van der Waals surface area contributed by atoms with E-state index >= 15 is 0 Å². The fourth-order valence-electron chi connectivity index (χ4n) is 4.01. The van der Waals surface area contributed by atoms with Gasteiger partial charge in [0.25, 0.3) is 0 Å². The number of rotatable bonds is 5. The van der Waals surface area contributed by atoms with Crippen LogP contribution in [0.4, 0.5) is 15.8 Å². The van der Waals surface area contributed by atoms with Crippen molar-refractivity contribution in [3.63, 3.8) is 0 Å². The first-order valence-electron chi connectivity index (χ1n) is 10.8. The summed E-state index contributed by atoms with van der Waals surface area (Å²) in [5.74, 6) is 0.458. The van der Waals surface area contributed by atoms with E-state index in [1.165, 1.54) is 6.07 Å². The highest BCUT2D eigenvalue weighted by Gasteiger charge is 2.12. The molecular weight excluding hydrogens is 427 g/mol. The maximum atomic E-state index is 14.0. The largest absolute Gasteiger partial charge is 0.353 e. The van der Waals surface area contributed by atoms with Crippen molar-refractivity contribution in [1.29, 1.82) is 0 Å². The lowest BCUT2D eigenvalue weighted by molar-refractivity contribution is 0.632. The van der Waals surface area contributed by atoms with E-state index in [1.54, 1.807) is 30.7 Å². The third-order valence-corrected chi connectivity index (χ3v) is 5.62. The zero-order chi connectivity index (χ0) is 22.9. The van der Waals surface area contributed by atoms with E-state index in [-0.39, 0.29) is 5.82 Å². The van der Waals surface area contributed by atoms with Gasteiger partial charge in [-0.05, 0) is 54.6 Å². The fraction of sp³-hybridized carbons (Fsp3) is 0. The summed E-state index contributed by atoms with van der Waals surface area (Å²) >= 11 is 0. The Hall–Kier alpha value is -4.78. The molecule has 0 saturated carbocycles. The molecule has 0 fully saturated rings. The maximum absolute atomic E-state index is 14.0. The highest BCUT2D eigenvalue weighted by Crippen LogP contribution is 2.27. The normalized spacial score (nSPS) is 11.1. The molecule has 34 heavy (non-hydrogen) atoms. The first-order chi connectivity index (χ1) is 16.8. The monoisotopic (exact) mass is 446 g/mol. The molecule has 4 aromatic carbocycles. The van der Waals surface area contributed by atoms with E-state index in [1.807, 2.05) is 82.2 Å². The Morgan fingerprint density at radius 3 is 2.41 bits per heavy atom. The zero-order valence-corrected chi connectivity index (χ0v) is 18.0. The number of benzene rings is 4. The summed E-state index contributed by atoms with van der Waals surface area (Å²) in [5.41, 5.74) is 4.96. The molecule has 0 amide bonds. The van der Waals surface area contributed by atoms with Crippen LogP contribution in [0.15, 0.2) is 110 Å². The Labute approximate surface area is 194 Å².